The first-order valence-corrected chi connectivity index (χ1v) is 6.20. The molecular formula is C13H17N3O4. The van der Waals surface area contributed by atoms with Gasteiger partial charge in [0, 0.05) is 26.0 Å². The van der Waals surface area contributed by atoms with Gasteiger partial charge >= 0.3 is 0 Å². The standard InChI is InChI=1S/C13H17N3O4/c1-19-9-10(17)7-14-13(18)12-4-3-11(20-12)8-16-6-2-5-15-16/h2-6,10,17H,7-9H2,1H3,(H,14,18). The molecule has 2 aromatic rings. The molecule has 1 amide bonds. The minimum atomic E-state index is -0.734. The smallest absolute Gasteiger partial charge is 0.287 e. The Morgan fingerprint density at radius 2 is 2.45 bits per heavy atom. The van der Waals surface area contributed by atoms with E-state index in [0.29, 0.717) is 12.3 Å². The van der Waals surface area contributed by atoms with Crippen molar-refractivity contribution in [2.24, 2.45) is 0 Å². The largest absolute Gasteiger partial charge is 0.454 e. The number of furan rings is 1. The first-order chi connectivity index (χ1) is 9.69. The maximum Gasteiger partial charge on any atom is 0.287 e. The fourth-order valence-electron chi connectivity index (χ4n) is 1.69. The molecule has 1 unspecified atom stereocenters. The third kappa shape index (κ3) is 3.94. The van der Waals surface area contributed by atoms with Crippen LogP contribution in [-0.2, 0) is 11.3 Å². The molecule has 0 fully saturated rings. The van der Waals surface area contributed by atoms with E-state index < -0.39 is 6.10 Å². The molecule has 20 heavy (non-hydrogen) atoms. The molecular weight excluding hydrogens is 262 g/mol. The highest BCUT2D eigenvalue weighted by molar-refractivity contribution is 5.91. The lowest BCUT2D eigenvalue weighted by atomic mass is 10.3. The van der Waals surface area contributed by atoms with Crippen molar-refractivity contribution >= 4 is 5.91 Å². The third-order valence-corrected chi connectivity index (χ3v) is 2.62. The van der Waals surface area contributed by atoms with Gasteiger partial charge in [-0.3, -0.25) is 9.48 Å². The van der Waals surface area contributed by atoms with Gasteiger partial charge in [0.05, 0.1) is 19.3 Å². The lowest BCUT2D eigenvalue weighted by molar-refractivity contribution is 0.0603. The maximum atomic E-state index is 11.8. The fraction of sp³-hybridized carbons (Fsp3) is 0.385. The molecule has 2 rings (SSSR count). The van der Waals surface area contributed by atoms with Crippen LogP contribution >= 0.6 is 0 Å². The number of amides is 1. The normalized spacial score (nSPS) is 12.3. The van der Waals surface area contributed by atoms with Crippen LogP contribution in [0.4, 0.5) is 0 Å². The summed E-state index contributed by atoms with van der Waals surface area (Å²) in [5.41, 5.74) is 0. The molecule has 2 N–H and O–H groups in total. The lowest BCUT2D eigenvalue weighted by Crippen LogP contribution is -2.34. The molecule has 0 aliphatic heterocycles. The molecule has 2 aromatic heterocycles. The number of nitrogens with zero attached hydrogens (tertiary/aromatic N) is 2. The van der Waals surface area contributed by atoms with E-state index in [-0.39, 0.29) is 24.8 Å². The Balaban J connectivity index is 1.86. The van der Waals surface area contributed by atoms with Crippen LogP contribution in [0, 0.1) is 0 Å². The van der Waals surface area contributed by atoms with Crippen LogP contribution in [0.25, 0.3) is 0 Å². The highest BCUT2D eigenvalue weighted by Gasteiger charge is 2.13. The van der Waals surface area contributed by atoms with Gasteiger partial charge in [0.1, 0.15) is 5.76 Å². The number of aromatic nitrogens is 2. The molecule has 108 valence electrons. The number of carbonyl (C=O) groups is 1. The van der Waals surface area contributed by atoms with E-state index in [0.717, 1.165) is 0 Å². The van der Waals surface area contributed by atoms with E-state index in [2.05, 4.69) is 10.4 Å². The number of aliphatic hydroxyl groups is 1. The van der Waals surface area contributed by atoms with E-state index >= 15 is 0 Å². The van der Waals surface area contributed by atoms with Gasteiger partial charge in [-0.05, 0) is 18.2 Å². The van der Waals surface area contributed by atoms with Crippen LogP contribution in [0.5, 0.6) is 0 Å². The molecule has 0 saturated carbocycles. The maximum absolute atomic E-state index is 11.8. The second-order valence-corrected chi connectivity index (χ2v) is 4.29. The van der Waals surface area contributed by atoms with Gasteiger partial charge in [0.25, 0.3) is 5.91 Å². The fourth-order valence-corrected chi connectivity index (χ4v) is 1.69. The molecule has 0 aliphatic rings. The average Bonchev–Trinajstić information content (AvgIpc) is 3.08. The van der Waals surface area contributed by atoms with Crippen LogP contribution in [-0.4, -0.2) is 47.2 Å². The summed E-state index contributed by atoms with van der Waals surface area (Å²) in [5.74, 6) is 0.472. The molecule has 7 heteroatoms. The number of aliphatic hydroxyl groups excluding tert-OH is 1. The number of nitrogens with one attached hydrogen (secondary N) is 1. The minimum absolute atomic E-state index is 0.113. The first kappa shape index (κ1) is 14.3. The van der Waals surface area contributed by atoms with Gasteiger partial charge in [0.15, 0.2) is 5.76 Å². The Labute approximate surface area is 116 Å². The molecule has 0 radical (unpaired) electrons. The van der Waals surface area contributed by atoms with Crippen molar-refractivity contribution in [1.29, 1.82) is 0 Å². The van der Waals surface area contributed by atoms with Crippen LogP contribution in [0.3, 0.4) is 0 Å². The molecule has 0 aliphatic carbocycles. The third-order valence-electron chi connectivity index (χ3n) is 2.62. The second-order valence-electron chi connectivity index (χ2n) is 4.29. The Morgan fingerprint density at radius 3 is 3.15 bits per heavy atom. The van der Waals surface area contributed by atoms with Crippen molar-refractivity contribution in [2.75, 3.05) is 20.3 Å². The zero-order valence-electron chi connectivity index (χ0n) is 11.2. The Morgan fingerprint density at radius 1 is 1.60 bits per heavy atom. The van der Waals surface area contributed by atoms with Gasteiger partial charge in [-0.25, -0.2) is 0 Å². The molecule has 0 aromatic carbocycles. The highest BCUT2D eigenvalue weighted by Crippen LogP contribution is 2.09. The average molecular weight is 279 g/mol. The Kier molecular flexibility index (Phi) is 4.91. The summed E-state index contributed by atoms with van der Waals surface area (Å²) in [6.45, 7) is 0.747. The van der Waals surface area contributed by atoms with Crippen molar-refractivity contribution < 1.29 is 19.1 Å². The number of hydrogen-bond acceptors (Lipinski definition) is 5. The monoisotopic (exact) mass is 279 g/mol. The van der Waals surface area contributed by atoms with Crippen LogP contribution < -0.4 is 5.32 Å². The van der Waals surface area contributed by atoms with E-state index in [1.165, 1.54) is 7.11 Å². The van der Waals surface area contributed by atoms with E-state index in [4.69, 9.17) is 9.15 Å². The molecule has 0 bridgehead atoms. The molecule has 0 saturated heterocycles. The topological polar surface area (TPSA) is 89.5 Å². The zero-order chi connectivity index (χ0) is 14.4. The summed E-state index contributed by atoms with van der Waals surface area (Å²) in [4.78, 5) is 11.8. The molecule has 1 atom stereocenters. The lowest BCUT2D eigenvalue weighted by Gasteiger charge is -2.09. The van der Waals surface area contributed by atoms with Crippen molar-refractivity contribution in [3.8, 4) is 0 Å². The van der Waals surface area contributed by atoms with E-state index in [1.807, 2.05) is 12.3 Å². The van der Waals surface area contributed by atoms with E-state index in [1.54, 1.807) is 23.0 Å². The van der Waals surface area contributed by atoms with Gasteiger partial charge in [-0.2, -0.15) is 5.10 Å². The molecule has 2 heterocycles. The number of hydrogen-bond donors (Lipinski definition) is 2. The van der Waals surface area contributed by atoms with Crippen LogP contribution in [0.2, 0.25) is 0 Å². The quantitative estimate of drug-likeness (QED) is 0.759. The van der Waals surface area contributed by atoms with Gasteiger partial charge in [-0.15, -0.1) is 0 Å². The predicted octanol–water partition coefficient (Wildman–Crippen LogP) is 0.261. The summed E-state index contributed by atoms with van der Waals surface area (Å²) in [6, 6.07) is 5.13. The number of rotatable bonds is 7. The Bertz CT molecular complexity index is 536. The molecule has 0 spiro atoms. The van der Waals surface area contributed by atoms with Crippen LogP contribution in [0.1, 0.15) is 16.3 Å². The van der Waals surface area contributed by atoms with E-state index in [9.17, 15) is 9.90 Å². The first-order valence-electron chi connectivity index (χ1n) is 6.20. The highest BCUT2D eigenvalue weighted by atomic mass is 16.5. The summed E-state index contributed by atoms with van der Waals surface area (Å²) in [6.07, 6.45) is 2.75. The van der Waals surface area contributed by atoms with Crippen molar-refractivity contribution in [3.05, 3.63) is 42.1 Å². The predicted molar refractivity (Wildman–Crippen MR) is 70.3 cm³/mol. The SMILES string of the molecule is COCC(O)CNC(=O)c1ccc(Cn2cccn2)o1. The second kappa shape index (κ2) is 6.88. The van der Waals surface area contributed by atoms with Crippen molar-refractivity contribution in [2.45, 2.75) is 12.6 Å². The number of carbonyl (C=O) groups excluding carboxylic acids is 1. The van der Waals surface area contributed by atoms with Gasteiger partial charge in [0.2, 0.25) is 0 Å². The number of methoxy groups -OCH3 is 1. The Hall–Kier alpha value is -2.12. The molecule has 7 nitrogen and oxygen atoms in total. The number of ether oxygens (including phenoxy) is 1. The summed E-state index contributed by atoms with van der Waals surface area (Å²) < 4.78 is 11.9. The summed E-state index contributed by atoms with van der Waals surface area (Å²) >= 11 is 0. The van der Waals surface area contributed by atoms with Gasteiger partial charge in [-0.1, -0.05) is 0 Å². The summed E-state index contributed by atoms with van der Waals surface area (Å²) in [5, 5.41) is 16.1. The zero-order valence-corrected chi connectivity index (χ0v) is 11.2. The van der Waals surface area contributed by atoms with Crippen molar-refractivity contribution in [3.63, 3.8) is 0 Å². The van der Waals surface area contributed by atoms with Gasteiger partial charge < -0.3 is 19.6 Å². The van der Waals surface area contributed by atoms with Crippen molar-refractivity contribution in [1.82, 2.24) is 15.1 Å². The van der Waals surface area contributed by atoms with Crippen LogP contribution in [0.15, 0.2) is 35.0 Å². The summed E-state index contributed by atoms with van der Waals surface area (Å²) in [7, 11) is 1.49. The minimum Gasteiger partial charge on any atom is -0.454 e.